The zero-order valence-electron chi connectivity index (χ0n) is 53.8. The van der Waals surface area contributed by atoms with Crippen LogP contribution >= 0.6 is 11.6 Å². The number of halogens is 1. The molecule has 466 valence electrons. The number of aliphatic hydroxyl groups excluding tert-OH is 1. The lowest BCUT2D eigenvalue weighted by molar-refractivity contribution is -0.150. The van der Waals surface area contributed by atoms with Gasteiger partial charge in [0, 0.05) is 37.9 Å². The summed E-state index contributed by atoms with van der Waals surface area (Å²) in [6, 6.07) is 0. The summed E-state index contributed by atoms with van der Waals surface area (Å²) in [5, 5.41) is 8.91. The number of rotatable bonds is 48. The molecule has 0 aromatic heterocycles. The van der Waals surface area contributed by atoms with Gasteiger partial charge in [0.2, 0.25) is 5.24 Å². The minimum absolute atomic E-state index is 0.0127. The van der Waals surface area contributed by atoms with Gasteiger partial charge >= 0.3 is 5.97 Å². The Kier molecular flexibility index (Phi) is 65.2. The summed E-state index contributed by atoms with van der Waals surface area (Å²) in [5.41, 5.74) is -0.102. The van der Waals surface area contributed by atoms with E-state index in [2.05, 4.69) is 56.1 Å². The first-order chi connectivity index (χ1) is 37.8. The molecule has 0 bridgehead atoms. The van der Waals surface area contributed by atoms with Crippen LogP contribution in [0.3, 0.4) is 0 Å². The number of aldehydes is 1. The highest BCUT2D eigenvalue weighted by atomic mass is 35.5. The van der Waals surface area contributed by atoms with E-state index in [9.17, 15) is 24.3 Å². The van der Waals surface area contributed by atoms with Crippen LogP contribution in [-0.4, -0.2) is 97.0 Å². The Balaban J connectivity index is -0.00000101. The van der Waals surface area contributed by atoms with Gasteiger partial charge in [0.15, 0.2) is 0 Å². The van der Waals surface area contributed by atoms with E-state index in [-0.39, 0.29) is 28.8 Å². The molecule has 0 aromatic carbocycles. The smallest absolute Gasteiger partial charge is 0.306 e. The van der Waals surface area contributed by atoms with Crippen molar-refractivity contribution in [3.8, 4) is 0 Å². The highest BCUT2D eigenvalue weighted by molar-refractivity contribution is 6.63. The average molecular weight is 1130 g/mol. The van der Waals surface area contributed by atoms with E-state index in [4.69, 9.17) is 16.3 Å². The van der Waals surface area contributed by atoms with Crippen LogP contribution in [0.1, 0.15) is 339 Å². The van der Waals surface area contributed by atoms with E-state index in [1.54, 1.807) is 0 Å². The number of likely N-dealkylation sites (tertiary alicyclic amines) is 2. The topological polar surface area (TPSA) is 113 Å². The Hall–Kier alpha value is -1.55. The summed E-state index contributed by atoms with van der Waals surface area (Å²) in [7, 11) is 0. The largest absolute Gasteiger partial charge is 0.468 e. The monoisotopic (exact) mass is 1130 g/mol. The van der Waals surface area contributed by atoms with Crippen LogP contribution in [0.2, 0.25) is 0 Å². The molecule has 0 aromatic rings. The predicted molar refractivity (Wildman–Crippen MR) is 338 cm³/mol. The Morgan fingerprint density at radius 2 is 1.01 bits per heavy atom. The van der Waals surface area contributed by atoms with Gasteiger partial charge in [0.1, 0.15) is 12.4 Å². The standard InChI is InChI=1S/C26H50O4.C18H38.C14H27NO.C8H14ClNO2.C2H6/c1-3-5-7-9-12-16-20-25(21-17-13-10-8-6-4-2)30-26(28)22-18-14-11-15-19-23-29-24-27;1-5-8-10-14-18(15-11-9-6-2)16-12-13-17(4)7-3;1-14(2,13-16)9-5-3-4-6-10-15-11-7-8-12-15;9-8(12)3-6-10-4-1-7(11)2-5-10;1-2/h24-25H,3-23H2,1-2H3;17-18H,5-16H2,1-4H3;13H,3-12H2,1-2H3;7,11H,1-6H2;1-2H3. The number of hydrogen-bond acceptors (Lipinski definition) is 9. The van der Waals surface area contributed by atoms with Gasteiger partial charge < -0.3 is 29.2 Å². The van der Waals surface area contributed by atoms with E-state index in [0.717, 1.165) is 102 Å². The minimum Gasteiger partial charge on any atom is -0.468 e. The van der Waals surface area contributed by atoms with Gasteiger partial charge in [-0.25, -0.2) is 0 Å². The normalized spacial score (nSPS) is 14.3. The number of carbonyl (C=O) groups excluding carboxylic acids is 4. The number of piperidine rings is 1. The van der Waals surface area contributed by atoms with Gasteiger partial charge in [-0.3, -0.25) is 14.4 Å². The van der Waals surface area contributed by atoms with Crippen molar-refractivity contribution in [1.82, 2.24) is 9.80 Å². The van der Waals surface area contributed by atoms with Gasteiger partial charge in [-0.1, -0.05) is 249 Å². The van der Waals surface area contributed by atoms with Crippen molar-refractivity contribution < 1.29 is 33.8 Å². The summed E-state index contributed by atoms with van der Waals surface area (Å²) in [4.78, 5) is 48.3. The third-order valence-electron chi connectivity index (χ3n) is 16.0. The number of esters is 1. The van der Waals surface area contributed by atoms with E-state index in [1.807, 2.05) is 27.7 Å². The van der Waals surface area contributed by atoms with Crippen LogP contribution in [0.5, 0.6) is 0 Å². The highest BCUT2D eigenvalue weighted by Gasteiger charge is 2.18. The first-order valence-corrected chi connectivity index (χ1v) is 34.2. The van der Waals surface area contributed by atoms with Crippen molar-refractivity contribution in [3.63, 3.8) is 0 Å². The fourth-order valence-corrected chi connectivity index (χ4v) is 10.4. The molecule has 0 saturated carbocycles. The molecule has 0 radical (unpaired) electrons. The van der Waals surface area contributed by atoms with Gasteiger partial charge in [0.05, 0.1) is 12.7 Å². The van der Waals surface area contributed by atoms with E-state index < -0.39 is 0 Å². The second-order valence-electron chi connectivity index (χ2n) is 24.0. The molecule has 0 spiro atoms. The second-order valence-corrected chi connectivity index (χ2v) is 24.4. The molecule has 2 rings (SSSR count). The maximum Gasteiger partial charge on any atom is 0.306 e. The zero-order chi connectivity index (χ0) is 58.6. The van der Waals surface area contributed by atoms with Gasteiger partial charge in [-0.05, 0) is 120 Å². The summed E-state index contributed by atoms with van der Waals surface area (Å²) in [6.45, 7) is 29.3. The lowest BCUT2D eigenvalue weighted by atomic mass is 9.89. The molecular formula is C68H135ClN2O7. The van der Waals surface area contributed by atoms with Crippen LogP contribution in [0.4, 0.5) is 0 Å². The van der Waals surface area contributed by atoms with Gasteiger partial charge in [-0.2, -0.15) is 0 Å². The van der Waals surface area contributed by atoms with Gasteiger partial charge in [-0.15, -0.1) is 0 Å². The van der Waals surface area contributed by atoms with Crippen LogP contribution in [0, 0.1) is 17.3 Å². The van der Waals surface area contributed by atoms with Crippen LogP contribution in [0.25, 0.3) is 0 Å². The molecular weight excluding hydrogens is 992 g/mol. The summed E-state index contributed by atoms with van der Waals surface area (Å²) < 4.78 is 10.6. The van der Waals surface area contributed by atoms with E-state index in [1.165, 1.54) is 212 Å². The number of ether oxygens (including phenoxy) is 2. The van der Waals surface area contributed by atoms with Crippen molar-refractivity contribution in [2.45, 2.75) is 351 Å². The summed E-state index contributed by atoms with van der Waals surface area (Å²) >= 11 is 5.21. The molecule has 1 N–H and O–H groups in total. The SMILES string of the molecule is CC.CC(C)(C=O)CCCCCCN1CCCC1.CCCCCC(CCCCC)CCCC(C)CC.CCCCCCCCC(CCCCCCCC)OC(=O)CCCCCCCOC=O.O=C(Cl)CCN1CCC(O)CC1. The Morgan fingerprint density at radius 1 is 0.564 bits per heavy atom. The average Bonchev–Trinajstić information content (AvgIpc) is 3.97. The fraction of sp³-hybridized carbons (Fsp3) is 0.941. The Bertz CT molecular complexity index is 1210. The van der Waals surface area contributed by atoms with E-state index in [0.29, 0.717) is 25.9 Å². The van der Waals surface area contributed by atoms with Crippen molar-refractivity contribution in [2.24, 2.45) is 17.3 Å². The molecule has 2 aliphatic rings. The van der Waals surface area contributed by atoms with E-state index >= 15 is 0 Å². The molecule has 2 saturated heterocycles. The maximum absolute atomic E-state index is 12.3. The first kappa shape index (κ1) is 80.7. The molecule has 78 heavy (non-hydrogen) atoms. The number of hydrogen-bond donors (Lipinski definition) is 1. The number of carbonyl (C=O) groups is 4. The molecule has 1 atom stereocenters. The third-order valence-corrected chi connectivity index (χ3v) is 16.1. The molecule has 2 aliphatic heterocycles. The number of aliphatic hydroxyl groups is 1. The zero-order valence-corrected chi connectivity index (χ0v) is 54.5. The number of nitrogens with zero attached hydrogens (tertiary/aromatic N) is 2. The lowest BCUT2D eigenvalue weighted by Crippen LogP contribution is -2.36. The lowest BCUT2D eigenvalue weighted by Gasteiger charge is -2.28. The van der Waals surface area contributed by atoms with Crippen LogP contribution in [-0.2, 0) is 28.7 Å². The quantitative estimate of drug-likeness (QED) is 0.0275. The molecule has 1 unspecified atom stereocenters. The van der Waals surface area contributed by atoms with Crippen molar-refractivity contribution in [3.05, 3.63) is 0 Å². The summed E-state index contributed by atoms with van der Waals surface area (Å²) in [6.07, 6.45) is 52.4. The Labute approximate surface area is 491 Å². The molecule has 0 aliphatic carbocycles. The number of unbranched alkanes of at least 4 members (excludes halogenated alkanes) is 21. The predicted octanol–water partition coefficient (Wildman–Crippen LogP) is 19.8. The minimum atomic E-state index is -0.277. The highest BCUT2D eigenvalue weighted by Crippen LogP contribution is 2.25. The van der Waals surface area contributed by atoms with Crippen LogP contribution < -0.4 is 0 Å². The molecule has 2 heterocycles. The molecule has 2 fully saturated rings. The summed E-state index contributed by atoms with van der Waals surface area (Å²) in [5.74, 6) is 1.96. The van der Waals surface area contributed by atoms with Gasteiger partial charge in [0.25, 0.3) is 6.47 Å². The van der Waals surface area contributed by atoms with Crippen molar-refractivity contribution in [1.29, 1.82) is 0 Å². The third kappa shape index (κ3) is 60.5. The Morgan fingerprint density at radius 3 is 1.53 bits per heavy atom. The maximum atomic E-state index is 12.3. The van der Waals surface area contributed by atoms with Crippen LogP contribution in [0.15, 0.2) is 0 Å². The molecule has 0 amide bonds. The molecule has 9 nitrogen and oxygen atoms in total. The molecule has 10 heteroatoms. The van der Waals surface area contributed by atoms with Crippen molar-refractivity contribution >= 4 is 35.6 Å². The second kappa shape index (κ2) is 63.0. The van der Waals surface area contributed by atoms with Crippen molar-refractivity contribution in [2.75, 3.05) is 45.9 Å². The first-order valence-electron chi connectivity index (χ1n) is 33.8. The fourth-order valence-electron chi connectivity index (χ4n) is 10.3.